The molecule has 2 unspecified atom stereocenters. The number of aryl methyl sites for hydroxylation is 2. The minimum atomic E-state index is -0.899. The average molecular weight is 1250 g/mol. The maximum absolute atomic E-state index is 13.1. The molecule has 3 aliphatic heterocycles. The highest BCUT2D eigenvalue weighted by Gasteiger charge is 2.58. The van der Waals surface area contributed by atoms with Crippen LogP contribution in [0.2, 0.25) is 5.02 Å². The Balaban J connectivity index is 0.506. The van der Waals surface area contributed by atoms with E-state index in [0.29, 0.717) is 78.7 Å². The highest BCUT2D eigenvalue weighted by atomic mass is 35.5. The molecule has 5 aliphatic rings. The van der Waals surface area contributed by atoms with E-state index in [1.54, 1.807) is 36.6 Å². The Labute approximate surface area is 528 Å². The lowest BCUT2D eigenvalue weighted by Gasteiger charge is -2.45. The van der Waals surface area contributed by atoms with E-state index >= 15 is 0 Å². The topological polar surface area (TPSA) is 247 Å². The minimum absolute atomic E-state index is 0.0104. The van der Waals surface area contributed by atoms with E-state index in [0.717, 1.165) is 81.1 Å². The maximum atomic E-state index is 13.1. The third-order valence-corrected chi connectivity index (χ3v) is 19.5. The van der Waals surface area contributed by atoms with E-state index in [1.807, 2.05) is 58.3 Å². The number of amides is 5. The Morgan fingerprint density at radius 3 is 2.36 bits per heavy atom. The molecule has 0 radical (unpaired) electrons. The minimum Gasteiger partial charge on any atom is -0.489 e. The summed E-state index contributed by atoms with van der Waals surface area (Å²) >= 11 is 8.38. The molecule has 22 nitrogen and oxygen atoms in total. The number of carbonyl (C=O) groups excluding carboxylic acids is 5. The summed E-state index contributed by atoms with van der Waals surface area (Å²) in [5.74, 6) is 0.279. The fourth-order valence-electron chi connectivity index (χ4n) is 13.2. The standard InChI is InChI=1S/C66H67ClN16O6S/c1-37-20-44(67)22-50(47-16-18-68-55-23-46(90-60(47)55)34-83-64(86)51-25-52(51)65(83)87)53(37)35-82-38(2)28-79(29-39(82)3)30-41-26-70-80(31-41)19-7-17-69-62(84)54-15-14-45(74-75-54)33-81-32-43(27-71-81)49-24-48(49)42-12-10-40(11-13-42)21-59-73-61(77-76-59)63(85)72-56-36-89-58-9-6-5-8-57(58)78(4)66(56)88/h5-6,8-16,18,20,22-23,26-27,31-32,38-39,48-49,51-52,56H,7,17,19,21,24-25,28-30,33-36H2,1-4H3,(H,69,84)(H,72,85)(H,73,76,77)/t38-,39-,48+,49-,51?,52?,56+/m0/s1. The first-order chi connectivity index (χ1) is 43.6. The molecule has 2 saturated carbocycles. The number of piperazine rings is 1. The van der Waals surface area contributed by atoms with Gasteiger partial charge in [-0.2, -0.15) is 15.3 Å². The summed E-state index contributed by atoms with van der Waals surface area (Å²) in [6, 6.07) is 26.9. The number of nitrogens with one attached hydrogen (secondary N) is 3. The van der Waals surface area contributed by atoms with Gasteiger partial charge < -0.3 is 20.3 Å². The highest BCUT2D eigenvalue weighted by molar-refractivity contribution is 7.19. The van der Waals surface area contributed by atoms with Gasteiger partial charge in [0.25, 0.3) is 17.7 Å². The fourth-order valence-corrected chi connectivity index (χ4v) is 14.6. The molecule has 2 saturated heterocycles. The van der Waals surface area contributed by atoms with Gasteiger partial charge in [-0.3, -0.25) is 58.1 Å². The van der Waals surface area contributed by atoms with E-state index in [2.05, 4.69) is 126 Å². The number of piperidine rings is 1. The first-order valence-corrected chi connectivity index (χ1v) is 31.8. The molecule has 90 heavy (non-hydrogen) atoms. The summed E-state index contributed by atoms with van der Waals surface area (Å²) < 4.78 is 10.6. The van der Waals surface area contributed by atoms with Gasteiger partial charge in [-0.05, 0) is 134 Å². The van der Waals surface area contributed by atoms with Gasteiger partial charge in [0.1, 0.15) is 24.2 Å². The number of hydrogen-bond donors (Lipinski definition) is 3. The molecule has 5 amide bonds. The molecular weight excluding hydrogens is 1180 g/mol. The normalized spacial score (nSPS) is 21.5. The first-order valence-electron chi connectivity index (χ1n) is 30.6. The van der Waals surface area contributed by atoms with Gasteiger partial charge in [0, 0.05) is 104 Å². The number of para-hydroxylation sites is 2. The SMILES string of the molecule is Cc1cc(Cl)cc(-c2ccnc3cc(CN4C(=O)C5CC5C4=O)sc23)c1CN1[C@@H](C)CN(Cc2cnn(CCCNC(=O)c3ccc(Cn4cc([C@@H]5C[C@@H]5c5ccc(Cc6nc(C(=O)N[C@@H]7COc8ccccc8N(C)C7=O)n[nH]6)cc5)cn4)nn3)c2)C[C@@H]1C. The zero-order valence-electron chi connectivity index (χ0n) is 50.3. The number of carbonyl (C=O) groups is 5. The lowest BCUT2D eigenvalue weighted by atomic mass is 9.94. The summed E-state index contributed by atoms with van der Waals surface area (Å²) in [5, 5.41) is 31.3. The van der Waals surface area contributed by atoms with Crippen LogP contribution in [0.1, 0.15) is 116 Å². The molecule has 3 N–H and O–H groups in total. The Kier molecular flexibility index (Phi) is 15.9. The van der Waals surface area contributed by atoms with Gasteiger partial charge >= 0.3 is 0 Å². The second kappa shape index (κ2) is 24.4. The van der Waals surface area contributed by atoms with Crippen LogP contribution < -0.4 is 20.3 Å². The molecule has 0 bridgehead atoms. The number of hydrogen-bond acceptors (Lipinski definition) is 16. The summed E-state index contributed by atoms with van der Waals surface area (Å²) in [5.41, 5.74) is 11.4. The molecule has 6 aromatic heterocycles. The predicted octanol–water partition coefficient (Wildman–Crippen LogP) is 7.71. The van der Waals surface area contributed by atoms with E-state index in [-0.39, 0.29) is 72.2 Å². The van der Waals surface area contributed by atoms with Crippen LogP contribution in [-0.2, 0) is 53.5 Å². The number of fused-ring (bicyclic) bond motifs is 3. The number of rotatable bonds is 20. The molecule has 0 spiro atoms. The van der Waals surface area contributed by atoms with Crippen molar-refractivity contribution in [3.63, 3.8) is 0 Å². The zero-order valence-corrected chi connectivity index (χ0v) is 51.8. The van der Waals surface area contributed by atoms with Crippen LogP contribution in [0, 0.1) is 18.8 Å². The van der Waals surface area contributed by atoms with E-state index in [4.69, 9.17) is 21.3 Å². The number of nitrogens with zero attached hydrogens (tertiary/aromatic N) is 13. The number of likely N-dealkylation sites (N-methyl/N-ethyl adjacent to an activating group) is 1. The van der Waals surface area contributed by atoms with Crippen molar-refractivity contribution in [2.45, 2.75) is 109 Å². The first kappa shape index (κ1) is 58.6. The van der Waals surface area contributed by atoms with Crippen LogP contribution in [-0.4, -0.2) is 146 Å². The Bertz CT molecular complexity index is 4210. The summed E-state index contributed by atoms with van der Waals surface area (Å²) in [4.78, 5) is 83.0. The summed E-state index contributed by atoms with van der Waals surface area (Å²) in [7, 11) is 1.65. The van der Waals surface area contributed by atoms with Crippen LogP contribution >= 0.6 is 22.9 Å². The molecule has 3 aromatic carbocycles. The number of anilines is 1. The molecule has 460 valence electrons. The highest BCUT2D eigenvalue weighted by Crippen LogP contribution is 2.54. The molecular formula is C66H67ClN16O6S. The number of thiophene rings is 1. The second-order valence-electron chi connectivity index (χ2n) is 24.6. The molecule has 9 aromatic rings. The number of ether oxygens (including phenoxy) is 1. The number of aromatic amines is 1. The van der Waals surface area contributed by atoms with Crippen LogP contribution in [0.25, 0.3) is 21.3 Å². The van der Waals surface area contributed by atoms with Crippen LogP contribution in [0.5, 0.6) is 5.75 Å². The maximum Gasteiger partial charge on any atom is 0.291 e. The molecule has 4 fully saturated rings. The van der Waals surface area contributed by atoms with Gasteiger partial charge in [0.05, 0.1) is 58.9 Å². The van der Waals surface area contributed by atoms with Gasteiger partial charge in [-0.15, -0.1) is 21.5 Å². The largest absolute Gasteiger partial charge is 0.489 e. The number of benzene rings is 3. The predicted molar refractivity (Wildman–Crippen MR) is 337 cm³/mol. The molecule has 9 heterocycles. The van der Waals surface area contributed by atoms with E-state index in [1.165, 1.54) is 20.9 Å². The van der Waals surface area contributed by atoms with Crippen molar-refractivity contribution >= 4 is 68.4 Å². The summed E-state index contributed by atoms with van der Waals surface area (Å²) in [6.45, 7) is 11.8. The Morgan fingerprint density at radius 1 is 0.778 bits per heavy atom. The van der Waals surface area contributed by atoms with Crippen molar-refractivity contribution in [3.05, 3.63) is 182 Å². The van der Waals surface area contributed by atoms with Crippen molar-refractivity contribution in [2.75, 3.05) is 38.2 Å². The Morgan fingerprint density at radius 2 is 1.56 bits per heavy atom. The van der Waals surface area contributed by atoms with Gasteiger partial charge in [0.15, 0.2) is 5.69 Å². The molecule has 24 heteroatoms. The molecule has 14 rings (SSSR count). The number of H-pyrrole nitrogens is 1. The fraction of sp³-hybridized carbons (Fsp3) is 0.364. The molecule has 2 aliphatic carbocycles. The third-order valence-electron chi connectivity index (χ3n) is 18.2. The molecule has 7 atom stereocenters. The average Bonchev–Trinajstić information content (AvgIpc) is 1.85. The van der Waals surface area contributed by atoms with Crippen molar-refractivity contribution in [2.24, 2.45) is 11.8 Å². The quantitative estimate of drug-likeness (QED) is 0.0488. The number of likely N-dealkylation sites (tertiary alicyclic amines) is 1. The van der Waals surface area contributed by atoms with Crippen LogP contribution in [0.4, 0.5) is 5.69 Å². The van der Waals surface area contributed by atoms with E-state index < -0.39 is 11.9 Å². The van der Waals surface area contributed by atoms with Gasteiger partial charge in [0.2, 0.25) is 17.6 Å². The van der Waals surface area contributed by atoms with Gasteiger partial charge in [-0.25, -0.2) is 4.98 Å². The number of halogens is 1. The number of aromatic nitrogens is 10. The second-order valence-corrected chi connectivity index (χ2v) is 26.2. The summed E-state index contributed by atoms with van der Waals surface area (Å²) in [6.07, 6.45) is 12.7. The van der Waals surface area contributed by atoms with E-state index in [9.17, 15) is 24.0 Å². The Hall–Kier alpha value is -9.03. The van der Waals surface area contributed by atoms with Crippen molar-refractivity contribution in [1.29, 1.82) is 0 Å². The van der Waals surface area contributed by atoms with Crippen molar-refractivity contribution in [1.82, 2.24) is 75.3 Å². The van der Waals surface area contributed by atoms with Crippen molar-refractivity contribution < 1.29 is 28.7 Å². The van der Waals surface area contributed by atoms with Gasteiger partial charge in [-0.1, -0.05) is 48.0 Å². The number of imide groups is 1. The monoisotopic (exact) mass is 1250 g/mol. The smallest absolute Gasteiger partial charge is 0.291 e. The number of pyridine rings is 1. The zero-order chi connectivity index (χ0) is 61.9. The third kappa shape index (κ3) is 12.1. The lowest BCUT2D eigenvalue weighted by molar-refractivity contribution is -0.142. The van der Waals surface area contributed by atoms with Crippen LogP contribution in [0.3, 0.4) is 0 Å². The lowest BCUT2D eigenvalue weighted by Crippen LogP contribution is -2.55. The van der Waals surface area contributed by atoms with Crippen molar-refractivity contribution in [3.8, 4) is 16.9 Å². The van der Waals surface area contributed by atoms with Crippen LogP contribution in [0.15, 0.2) is 116 Å².